The van der Waals surface area contributed by atoms with Gasteiger partial charge in [0.15, 0.2) is 17.8 Å². The van der Waals surface area contributed by atoms with Crippen molar-refractivity contribution in [1.82, 2.24) is 9.55 Å². The van der Waals surface area contributed by atoms with Gasteiger partial charge in [-0.2, -0.15) is 4.98 Å². The second kappa shape index (κ2) is 4.06. The van der Waals surface area contributed by atoms with Crippen molar-refractivity contribution in [3.63, 3.8) is 0 Å². The van der Waals surface area contributed by atoms with E-state index >= 15 is 0 Å². The Morgan fingerprint density at radius 3 is 3.00 bits per heavy atom. The first kappa shape index (κ1) is 7.04. The molecule has 4 N–H and O–H groups in total. The number of nitrogens with two attached hydrogens (primary N) is 1. The first-order chi connectivity index (χ1) is 9.84. The molecular formula is C9H12FN3O4. The van der Waals surface area contributed by atoms with Gasteiger partial charge in [0.05, 0.1) is 17.8 Å². The van der Waals surface area contributed by atoms with Crippen molar-refractivity contribution in [2.45, 2.75) is 31.3 Å². The minimum Gasteiger partial charge on any atom is -0.388 e. The van der Waals surface area contributed by atoms with Crippen molar-refractivity contribution < 1.29 is 26.2 Å². The van der Waals surface area contributed by atoms with Gasteiger partial charge >= 0.3 is 5.69 Å². The van der Waals surface area contributed by atoms with Gasteiger partial charge < -0.3 is 20.7 Å². The molecule has 1 saturated heterocycles. The molecule has 94 valence electrons. The first-order valence-corrected chi connectivity index (χ1v) is 4.33. The van der Waals surface area contributed by atoms with Crippen LogP contribution >= 0.6 is 0 Å². The Morgan fingerprint density at radius 1 is 1.71 bits per heavy atom. The van der Waals surface area contributed by atoms with Crippen molar-refractivity contribution in [1.29, 1.82) is 0 Å². The highest BCUT2D eigenvalue weighted by molar-refractivity contribution is 5.26. The summed E-state index contributed by atoms with van der Waals surface area (Å²) in [4.78, 5) is 14.8. The third kappa shape index (κ3) is 1.90. The lowest BCUT2D eigenvalue weighted by atomic mass is 10.1. The zero-order chi connectivity index (χ0) is 17.1. The van der Waals surface area contributed by atoms with Crippen LogP contribution in [-0.2, 0) is 4.74 Å². The summed E-state index contributed by atoms with van der Waals surface area (Å²) in [5, 5.41) is 19.9. The lowest BCUT2D eigenvalue weighted by Gasteiger charge is -2.17. The molecule has 17 heavy (non-hydrogen) atoms. The fraction of sp³-hybridized carbons (Fsp3) is 0.556. The van der Waals surface area contributed by atoms with Gasteiger partial charge in [0.2, 0.25) is 0 Å². The number of hydrogen-bond acceptors (Lipinski definition) is 6. The van der Waals surface area contributed by atoms with E-state index in [0.717, 1.165) is 0 Å². The van der Waals surface area contributed by atoms with Crippen molar-refractivity contribution in [2.75, 3.05) is 5.73 Å². The summed E-state index contributed by atoms with van der Waals surface area (Å²) >= 11 is 0. The Balaban J connectivity index is 2.75. The molecule has 7 nitrogen and oxygen atoms in total. The molecular weight excluding hydrogens is 233 g/mol. The third-order valence-electron chi connectivity index (χ3n) is 2.04. The molecule has 0 aliphatic carbocycles. The molecule has 1 aromatic rings. The lowest BCUT2D eigenvalue weighted by molar-refractivity contribution is -0.0355. The Labute approximate surface area is 102 Å². The van der Waals surface area contributed by atoms with Crippen molar-refractivity contribution in [3.05, 3.63) is 22.5 Å². The normalized spacial score (nSPS) is 54.4. The molecule has 0 bridgehead atoms. The molecule has 1 fully saturated rings. The SMILES string of the molecule is [2H]C[C@@]1([2H])O[C@@]([2H])(n2cc(F)c(N)nc2=O)[C@]([2H])(O)[C@]1([2H])O. The Hall–Kier alpha value is -1.51. The third-order valence-corrected chi connectivity index (χ3v) is 2.04. The molecule has 0 spiro atoms. The van der Waals surface area contributed by atoms with Crippen LogP contribution in [0.1, 0.15) is 20.0 Å². The average molecular weight is 250 g/mol. The predicted octanol–water partition coefficient (Wildman–Crippen LogP) is -1.40. The van der Waals surface area contributed by atoms with Gasteiger partial charge in [-0.15, -0.1) is 0 Å². The van der Waals surface area contributed by atoms with Gasteiger partial charge in [-0.05, 0) is 6.90 Å². The molecule has 0 unspecified atom stereocenters. The van der Waals surface area contributed by atoms with Gasteiger partial charge in [0.25, 0.3) is 0 Å². The van der Waals surface area contributed by atoms with Crippen molar-refractivity contribution >= 4 is 5.82 Å². The Kier molecular flexibility index (Phi) is 1.68. The smallest absolute Gasteiger partial charge is 0.351 e. The summed E-state index contributed by atoms with van der Waals surface area (Å²) < 4.78 is 56.0. The molecule has 0 radical (unpaired) electrons. The number of hydrogen-bond donors (Lipinski definition) is 3. The number of nitrogens with zero attached hydrogens (tertiary/aromatic N) is 2. The van der Waals surface area contributed by atoms with Crippen LogP contribution in [0.4, 0.5) is 10.2 Å². The largest absolute Gasteiger partial charge is 0.388 e. The second-order valence-electron chi connectivity index (χ2n) is 3.15. The highest BCUT2D eigenvalue weighted by atomic mass is 19.1. The van der Waals surface area contributed by atoms with E-state index in [9.17, 15) is 19.4 Å². The van der Waals surface area contributed by atoms with E-state index in [1.165, 1.54) is 0 Å². The van der Waals surface area contributed by atoms with E-state index < -0.39 is 48.7 Å². The lowest BCUT2D eigenvalue weighted by Crippen LogP contribution is -2.35. The zero-order valence-corrected chi connectivity index (χ0v) is 8.35. The van der Waals surface area contributed by atoms with Crippen molar-refractivity contribution in [3.8, 4) is 0 Å². The summed E-state index contributed by atoms with van der Waals surface area (Å²) in [6, 6.07) is 0. The molecule has 1 aliphatic rings. The predicted molar refractivity (Wildman–Crippen MR) is 54.5 cm³/mol. The van der Waals surface area contributed by atoms with Crippen LogP contribution in [0.25, 0.3) is 0 Å². The number of ether oxygens (including phenoxy) is 1. The quantitative estimate of drug-likeness (QED) is 0.565. The molecule has 1 aliphatic heterocycles. The number of aliphatic hydroxyl groups is 2. The summed E-state index contributed by atoms with van der Waals surface area (Å²) in [5.41, 5.74) is 3.65. The molecule has 8 heteroatoms. The molecule has 0 saturated carbocycles. The zero-order valence-electron chi connectivity index (χ0n) is 13.3. The summed E-state index contributed by atoms with van der Waals surface area (Å²) in [5.74, 6) is -2.09. The van der Waals surface area contributed by atoms with E-state index in [-0.39, 0.29) is 4.57 Å². The van der Waals surface area contributed by atoms with Gasteiger partial charge in [-0.3, -0.25) is 4.57 Å². The van der Waals surface area contributed by atoms with Crippen LogP contribution in [0.5, 0.6) is 0 Å². The second-order valence-corrected chi connectivity index (χ2v) is 3.15. The standard InChI is InChI=1S/C9H12FN3O4/c1-3-5(14)6(15)8(17-3)13-2-4(10)7(11)12-9(13)16/h2-3,5-6,8,14-15H,1H3,(H2,11,12,16)/t3-,5-,6-,8-/m1/s1/i1D,3D,5D,6D,8D. The molecule has 0 aromatic carbocycles. The number of anilines is 1. The van der Waals surface area contributed by atoms with Gasteiger partial charge in [-0.1, -0.05) is 0 Å². The monoisotopic (exact) mass is 250 g/mol. The number of aromatic nitrogens is 2. The number of halogens is 1. The van der Waals surface area contributed by atoms with E-state index in [2.05, 4.69) is 9.72 Å². The Bertz CT molecular complexity index is 686. The minimum atomic E-state index is -3.61. The average Bonchev–Trinajstić information content (AvgIpc) is 2.51. The van der Waals surface area contributed by atoms with E-state index in [0.29, 0.717) is 6.20 Å². The fourth-order valence-electron chi connectivity index (χ4n) is 1.20. The van der Waals surface area contributed by atoms with Crippen molar-refractivity contribution in [2.24, 2.45) is 0 Å². The Morgan fingerprint density at radius 2 is 2.41 bits per heavy atom. The fourth-order valence-corrected chi connectivity index (χ4v) is 1.20. The number of rotatable bonds is 1. The van der Waals surface area contributed by atoms with Crippen LogP contribution in [0, 0.1) is 5.82 Å². The van der Waals surface area contributed by atoms with E-state index in [1.54, 1.807) is 0 Å². The maximum Gasteiger partial charge on any atom is 0.351 e. The topological polar surface area (TPSA) is 111 Å². The molecule has 2 heterocycles. The van der Waals surface area contributed by atoms with E-state index in [1.807, 2.05) is 0 Å². The minimum absolute atomic E-state index is 0.0167. The van der Waals surface area contributed by atoms with Crippen LogP contribution in [0.3, 0.4) is 0 Å². The first-order valence-electron chi connectivity index (χ1n) is 7.04. The summed E-state index contributed by atoms with van der Waals surface area (Å²) in [6.07, 6.45) is -13.0. The van der Waals surface area contributed by atoms with E-state index in [4.69, 9.17) is 12.6 Å². The van der Waals surface area contributed by atoms with Crippen LogP contribution in [0.2, 0.25) is 0 Å². The number of nitrogen functional groups attached to an aromatic ring is 1. The molecule has 2 rings (SSSR count). The molecule has 4 atom stereocenters. The summed E-state index contributed by atoms with van der Waals surface area (Å²) in [7, 11) is 0. The van der Waals surface area contributed by atoms with Crippen LogP contribution in [-0.4, -0.2) is 38.0 Å². The summed E-state index contributed by atoms with van der Waals surface area (Å²) in [6.45, 7) is -1.14. The highest BCUT2D eigenvalue weighted by Gasteiger charge is 2.41. The van der Waals surface area contributed by atoms with Crippen LogP contribution in [0.15, 0.2) is 11.0 Å². The highest BCUT2D eigenvalue weighted by Crippen LogP contribution is 2.28. The maximum atomic E-state index is 13.5. The molecule has 1 aromatic heterocycles. The van der Waals surface area contributed by atoms with Crippen LogP contribution < -0.4 is 11.4 Å². The van der Waals surface area contributed by atoms with Gasteiger partial charge in [0, 0.05) is 1.37 Å². The molecule has 0 amide bonds. The maximum absolute atomic E-state index is 13.5. The van der Waals surface area contributed by atoms with Gasteiger partial charge in [0.1, 0.15) is 12.2 Å². The van der Waals surface area contributed by atoms with Gasteiger partial charge in [-0.25, -0.2) is 9.18 Å².